The molecule has 0 unspecified atom stereocenters. The average Bonchev–Trinajstić information content (AvgIpc) is 3.38. The summed E-state index contributed by atoms with van der Waals surface area (Å²) in [6, 6.07) is 2.88. The lowest BCUT2D eigenvalue weighted by molar-refractivity contribution is -0.136. The van der Waals surface area contributed by atoms with Crippen molar-refractivity contribution < 1.29 is 18.3 Å². The summed E-state index contributed by atoms with van der Waals surface area (Å²) in [5, 5.41) is 0. The van der Waals surface area contributed by atoms with E-state index >= 15 is 0 Å². The van der Waals surface area contributed by atoms with Crippen LogP contribution in [0.5, 0.6) is 0 Å². The Bertz CT molecular complexity index is 1040. The number of fused-ring (bicyclic) bond motifs is 3. The second kappa shape index (κ2) is 6.49. The standard InChI is InChI=1S/C20H21F2N3O2S/c1-11-2-3-14(21)18(19(11)22)12-6-15-16-7-17(26)24(13-4-5-27-9-13)10-25(16)20(28)23(15)8-12/h2-3,12-13H,4-10H2,1H3/t12-,13-/m1/s1. The van der Waals surface area contributed by atoms with Gasteiger partial charge in [0.05, 0.1) is 24.8 Å². The van der Waals surface area contributed by atoms with Crippen LogP contribution in [0, 0.1) is 23.3 Å². The van der Waals surface area contributed by atoms with Gasteiger partial charge in [-0.1, -0.05) is 6.07 Å². The van der Waals surface area contributed by atoms with Crippen molar-refractivity contribution in [2.45, 2.75) is 51.4 Å². The van der Waals surface area contributed by atoms with Crippen molar-refractivity contribution in [3.63, 3.8) is 0 Å². The maximum Gasteiger partial charge on any atom is 0.230 e. The van der Waals surface area contributed by atoms with Gasteiger partial charge in [-0.3, -0.25) is 4.79 Å². The Morgan fingerprint density at radius 2 is 2.04 bits per heavy atom. The number of halogens is 2. The molecule has 0 spiro atoms. The molecule has 0 radical (unpaired) electrons. The normalized spacial score (nSPS) is 24.0. The van der Waals surface area contributed by atoms with Crippen LogP contribution in [0.25, 0.3) is 0 Å². The number of nitrogens with zero attached hydrogens (tertiary/aromatic N) is 3. The molecule has 0 saturated carbocycles. The highest BCUT2D eigenvalue weighted by atomic mass is 32.1. The monoisotopic (exact) mass is 405 g/mol. The highest BCUT2D eigenvalue weighted by Gasteiger charge is 2.38. The number of carbonyl (C=O) groups excluding carboxylic acids is 1. The smallest absolute Gasteiger partial charge is 0.230 e. The molecule has 8 heteroatoms. The summed E-state index contributed by atoms with van der Waals surface area (Å²) in [4.78, 5) is 14.6. The summed E-state index contributed by atoms with van der Waals surface area (Å²) in [6.45, 7) is 3.75. The van der Waals surface area contributed by atoms with Gasteiger partial charge in [0.1, 0.15) is 18.3 Å². The molecule has 5 rings (SSSR count). The molecule has 0 bridgehead atoms. The Morgan fingerprint density at radius 3 is 2.79 bits per heavy atom. The first-order chi connectivity index (χ1) is 13.5. The van der Waals surface area contributed by atoms with Crippen molar-refractivity contribution in [1.29, 1.82) is 0 Å². The maximum atomic E-state index is 14.6. The lowest BCUT2D eigenvalue weighted by Gasteiger charge is -2.33. The van der Waals surface area contributed by atoms with Crippen LogP contribution in [0.4, 0.5) is 8.78 Å². The van der Waals surface area contributed by atoms with Crippen molar-refractivity contribution in [2.24, 2.45) is 0 Å². The summed E-state index contributed by atoms with van der Waals surface area (Å²) in [6.07, 6.45) is 1.60. The number of hydrogen-bond acceptors (Lipinski definition) is 3. The fraction of sp³-hybridized carbons (Fsp3) is 0.500. The number of benzene rings is 1. The van der Waals surface area contributed by atoms with Gasteiger partial charge in [-0.25, -0.2) is 8.78 Å². The van der Waals surface area contributed by atoms with Gasteiger partial charge in [-0.2, -0.15) is 0 Å². The van der Waals surface area contributed by atoms with E-state index in [1.54, 1.807) is 6.92 Å². The quantitative estimate of drug-likeness (QED) is 0.721. The average molecular weight is 405 g/mol. The third-order valence-electron chi connectivity index (χ3n) is 6.30. The largest absolute Gasteiger partial charge is 0.379 e. The molecule has 2 atom stereocenters. The van der Waals surface area contributed by atoms with Gasteiger partial charge >= 0.3 is 0 Å². The first kappa shape index (κ1) is 18.0. The number of hydrogen-bond donors (Lipinski definition) is 0. The number of aromatic nitrogens is 2. The van der Waals surface area contributed by atoms with Gasteiger partial charge in [0.2, 0.25) is 5.91 Å². The van der Waals surface area contributed by atoms with E-state index < -0.39 is 11.6 Å². The molecule has 4 heterocycles. The first-order valence-electron chi connectivity index (χ1n) is 9.58. The lowest BCUT2D eigenvalue weighted by Crippen LogP contribution is -2.46. The number of imidazole rings is 1. The molecule has 28 heavy (non-hydrogen) atoms. The van der Waals surface area contributed by atoms with E-state index in [-0.39, 0.29) is 29.9 Å². The molecule has 1 amide bonds. The van der Waals surface area contributed by atoms with E-state index in [0.29, 0.717) is 43.2 Å². The maximum absolute atomic E-state index is 14.6. The molecule has 0 aliphatic carbocycles. The molecular weight excluding hydrogens is 384 g/mol. The third-order valence-corrected chi connectivity index (χ3v) is 6.74. The minimum atomic E-state index is -0.519. The van der Waals surface area contributed by atoms with Crippen LogP contribution in [-0.2, 0) is 35.6 Å². The molecule has 148 valence electrons. The predicted molar refractivity (Wildman–Crippen MR) is 101 cm³/mol. The Morgan fingerprint density at radius 1 is 1.21 bits per heavy atom. The minimum absolute atomic E-state index is 0.0651. The zero-order valence-electron chi connectivity index (χ0n) is 15.6. The van der Waals surface area contributed by atoms with E-state index in [4.69, 9.17) is 17.0 Å². The molecular formula is C20H21F2N3O2S. The second-order valence-electron chi connectivity index (χ2n) is 7.91. The third kappa shape index (κ3) is 2.58. The fourth-order valence-electron chi connectivity index (χ4n) is 4.78. The highest BCUT2D eigenvalue weighted by Crippen LogP contribution is 2.37. The van der Waals surface area contributed by atoms with Crippen molar-refractivity contribution in [3.8, 4) is 0 Å². The van der Waals surface area contributed by atoms with Crippen molar-refractivity contribution in [1.82, 2.24) is 14.0 Å². The van der Waals surface area contributed by atoms with Gasteiger partial charge in [-0.15, -0.1) is 0 Å². The van der Waals surface area contributed by atoms with Crippen LogP contribution in [0.3, 0.4) is 0 Å². The van der Waals surface area contributed by atoms with E-state index in [9.17, 15) is 13.6 Å². The van der Waals surface area contributed by atoms with Crippen LogP contribution < -0.4 is 0 Å². The second-order valence-corrected chi connectivity index (χ2v) is 8.27. The summed E-state index contributed by atoms with van der Waals surface area (Å²) in [5.74, 6) is -1.24. The van der Waals surface area contributed by atoms with Crippen LogP contribution in [0.2, 0.25) is 0 Å². The molecule has 1 aromatic carbocycles. The van der Waals surface area contributed by atoms with Crippen molar-refractivity contribution >= 4 is 18.1 Å². The highest BCUT2D eigenvalue weighted by molar-refractivity contribution is 7.71. The molecule has 5 nitrogen and oxygen atoms in total. The lowest BCUT2D eigenvalue weighted by atomic mass is 9.93. The summed E-state index contributed by atoms with van der Waals surface area (Å²) >= 11 is 5.67. The zero-order chi connectivity index (χ0) is 19.6. The van der Waals surface area contributed by atoms with Crippen LogP contribution in [-0.4, -0.2) is 39.2 Å². The summed E-state index contributed by atoms with van der Waals surface area (Å²) in [5.41, 5.74) is 2.39. The van der Waals surface area contributed by atoms with Gasteiger partial charge in [0, 0.05) is 30.3 Å². The Kier molecular flexibility index (Phi) is 4.17. The molecule has 1 fully saturated rings. The van der Waals surface area contributed by atoms with E-state index in [2.05, 4.69) is 0 Å². The number of aryl methyl sites for hydroxylation is 1. The molecule has 2 aromatic rings. The van der Waals surface area contributed by atoms with E-state index in [1.807, 2.05) is 14.0 Å². The predicted octanol–water partition coefficient (Wildman–Crippen LogP) is 3.08. The summed E-state index contributed by atoms with van der Waals surface area (Å²) < 4.78 is 39.0. The number of ether oxygens (including phenoxy) is 1. The number of rotatable bonds is 2. The molecule has 3 aliphatic rings. The van der Waals surface area contributed by atoms with Crippen LogP contribution in [0.15, 0.2) is 12.1 Å². The molecule has 1 saturated heterocycles. The van der Waals surface area contributed by atoms with Crippen molar-refractivity contribution in [2.75, 3.05) is 13.2 Å². The number of carbonyl (C=O) groups is 1. The van der Waals surface area contributed by atoms with Crippen LogP contribution in [0.1, 0.15) is 34.9 Å². The Labute approximate surface area is 166 Å². The van der Waals surface area contributed by atoms with Crippen molar-refractivity contribution in [3.05, 3.63) is 51.1 Å². The Balaban J connectivity index is 1.49. The fourth-order valence-corrected chi connectivity index (χ4v) is 5.13. The first-order valence-corrected chi connectivity index (χ1v) is 9.99. The van der Waals surface area contributed by atoms with Gasteiger partial charge in [-0.05, 0) is 43.6 Å². The molecule has 0 N–H and O–H groups in total. The molecule has 1 aromatic heterocycles. The minimum Gasteiger partial charge on any atom is -0.379 e. The van der Waals surface area contributed by atoms with E-state index in [0.717, 1.165) is 17.8 Å². The van der Waals surface area contributed by atoms with Gasteiger partial charge in [0.15, 0.2) is 4.77 Å². The van der Waals surface area contributed by atoms with Gasteiger partial charge < -0.3 is 18.8 Å². The topological polar surface area (TPSA) is 39.4 Å². The van der Waals surface area contributed by atoms with Gasteiger partial charge in [0.25, 0.3) is 0 Å². The molecule has 3 aliphatic heterocycles. The number of amides is 1. The summed E-state index contributed by atoms with van der Waals surface area (Å²) in [7, 11) is 0. The Hall–Kier alpha value is -2.06. The van der Waals surface area contributed by atoms with Crippen LogP contribution >= 0.6 is 12.2 Å². The SMILES string of the molecule is Cc1ccc(F)c([C@@H]2Cc3c4n(c(=S)n3C2)CN([C@@H]2CCOC2)C(=O)C4)c1F. The zero-order valence-corrected chi connectivity index (χ0v) is 16.4. The van der Waals surface area contributed by atoms with E-state index in [1.165, 1.54) is 12.1 Å².